The van der Waals surface area contributed by atoms with E-state index in [9.17, 15) is 0 Å². The standard InChI is InChI=1S/C31H66N2/c1-5-9-11-13-15-17-19-21-23-25-28-33(31(8-4)30(32)27-7-3)29-26-24-22-20-18-16-14-12-10-6-2/h30-31H,5-29,32H2,1-4H3. The van der Waals surface area contributed by atoms with Crippen molar-refractivity contribution in [2.24, 2.45) is 5.73 Å². The molecule has 0 spiro atoms. The van der Waals surface area contributed by atoms with Crippen molar-refractivity contribution in [1.29, 1.82) is 0 Å². The fourth-order valence-corrected chi connectivity index (χ4v) is 5.41. The van der Waals surface area contributed by atoms with E-state index >= 15 is 0 Å². The number of nitrogens with two attached hydrogens (primary N) is 1. The van der Waals surface area contributed by atoms with E-state index in [-0.39, 0.29) is 0 Å². The van der Waals surface area contributed by atoms with Gasteiger partial charge in [-0.05, 0) is 38.8 Å². The van der Waals surface area contributed by atoms with Crippen LogP contribution >= 0.6 is 0 Å². The van der Waals surface area contributed by atoms with Crippen LogP contribution in [0.5, 0.6) is 0 Å². The van der Waals surface area contributed by atoms with Crippen molar-refractivity contribution in [3.05, 3.63) is 0 Å². The molecule has 0 amide bonds. The molecule has 0 aliphatic rings. The second-order valence-corrected chi connectivity index (χ2v) is 10.8. The smallest absolute Gasteiger partial charge is 0.0244 e. The molecular weight excluding hydrogens is 400 g/mol. The number of hydrogen-bond acceptors (Lipinski definition) is 2. The average Bonchev–Trinajstić information content (AvgIpc) is 2.81. The maximum absolute atomic E-state index is 6.64. The molecule has 0 aliphatic carbocycles. The fraction of sp³-hybridized carbons (Fsp3) is 1.00. The largest absolute Gasteiger partial charge is 0.326 e. The second-order valence-electron chi connectivity index (χ2n) is 10.8. The Kier molecular flexibility index (Phi) is 26.5. The van der Waals surface area contributed by atoms with Crippen LogP contribution in [0.1, 0.15) is 175 Å². The molecule has 2 unspecified atom stereocenters. The van der Waals surface area contributed by atoms with Crippen LogP contribution in [0.25, 0.3) is 0 Å². The molecule has 2 N–H and O–H groups in total. The highest BCUT2D eigenvalue weighted by Crippen LogP contribution is 2.17. The van der Waals surface area contributed by atoms with Crippen LogP contribution in [0.3, 0.4) is 0 Å². The topological polar surface area (TPSA) is 29.3 Å². The van der Waals surface area contributed by atoms with Crippen LogP contribution in [-0.2, 0) is 0 Å². The average molecular weight is 467 g/mol. The van der Waals surface area contributed by atoms with E-state index in [0.717, 1.165) is 0 Å². The summed E-state index contributed by atoms with van der Waals surface area (Å²) in [4.78, 5) is 2.79. The molecule has 0 saturated heterocycles. The third-order valence-corrected chi connectivity index (χ3v) is 7.60. The van der Waals surface area contributed by atoms with Gasteiger partial charge in [-0.3, -0.25) is 4.90 Å². The highest BCUT2D eigenvalue weighted by molar-refractivity contribution is 4.81. The van der Waals surface area contributed by atoms with E-state index in [1.165, 1.54) is 161 Å². The summed E-state index contributed by atoms with van der Waals surface area (Å²) in [6, 6.07) is 0.938. The maximum Gasteiger partial charge on any atom is 0.0244 e. The van der Waals surface area contributed by atoms with E-state index in [2.05, 4.69) is 32.6 Å². The lowest BCUT2D eigenvalue weighted by Crippen LogP contribution is -2.48. The molecule has 2 heteroatoms. The fourth-order valence-electron chi connectivity index (χ4n) is 5.41. The van der Waals surface area contributed by atoms with E-state index in [1.54, 1.807) is 0 Å². The lowest BCUT2D eigenvalue weighted by atomic mass is 9.98. The summed E-state index contributed by atoms with van der Waals surface area (Å²) in [7, 11) is 0. The van der Waals surface area contributed by atoms with E-state index in [0.29, 0.717) is 12.1 Å². The summed E-state index contributed by atoms with van der Waals surface area (Å²) < 4.78 is 0. The third-order valence-electron chi connectivity index (χ3n) is 7.60. The zero-order chi connectivity index (χ0) is 24.4. The highest BCUT2D eigenvalue weighted by Gasteiger charge is 2.22. The monoisotopic (exact) mass is 467 g/mol. The maximum atomic E-state index is 6.64. The van der Waals surface area contributed by atoms with Crippen molar-refractivity contribution in [3.63, 3.8) is 0 Å². The van der Waals surface area contributed by atoms with Crippen molar-refractivity contribution < 1.29 is 0 Å². The predicted molar refractivity (Wildman–Crippen MR) is 152 cm³/mol. The van der Waals surface area contributed by atoms with Crippen LogP contribution in [0.2, 0.25) is 0 Å². The Labute approximate surface area is 211 Å². The normalized spacial score (nSPS) is 13.6. The van der Waals surface area contributed by atoms with Gasteiger partial charge in [0.2, 0.25) is 0 Å². The Bertz CT molecular complexity index is 333. The van der Waals surface area contributed by atoms with E-state index in [4.69, 9.17) is 5.73 Å². The second kappa shape index (κ2) is 26.5. The van der Waals surface area contributed by atoms with Gasteiger partial charge >= 0.3 is 0 Å². The summed E-state index contributed by atoms with van der Waals surface area (Å²) in [5, 5.41) is 0. The Morgan fingerprint density at radius 1 is 0.455 bits per heavy atom. The van der Waals surface area contributed by atoms with E-state index in [1.807, 2.05) is 0 Å². The van der Waals surface area contributed by atoms with Crippen molar-refractivity contribution >= 4 is 0 Å². The molecule has 0 aliphatic heterocycles. The lowest BCUT2D eigenvalue weighted by molar-refractivity contribution is 0.154. The first-order chi connectivity index (χ1) is 16.2. The molecular formula is C31H66N2. The summed E-state index contributed by atoms with van der Waals surface area (Å²) in [6.07, 6.45) is 32.0. The molecule has 2 atom stereocenters. The zero-order valence-electron chi connectivity index (χ0n) is 23.9. The summed E-state index contributed by atoms with van der Waals surface area (Å²) >= 11 is 0. The van der Waals surface area contributed by atoms with Gasteiger partial charge in [-0.2, -0.15) is 0 Å². The van der Waals surface area contributed by atoms with Gasteiger partial charge in [0, 0.05) is 12.1 Å². The summed E-state index contributed by atoms with van der Waals surface area (Å²) in [5.74, 6) is 0. The van der Waals surface area contributed by atoms with Gasteiger partial charge in [0.05, 0.1) is 0 Å². The van der Waals surface area contributed by atoms with Gasteiger partial charge in [0.25, 0.3) is 0 Å². The van der Waals surface area contributed by atoms with Gasteiger partial charge in [-0.1, -0.05) is 150 Å². The molecule has 0 aromatic carbocycles. The highest BCUT2D eigenvalue weighted by atomic mass is 15.2. The van der Waals surface area contributed by atoms with Crippen LogP contribution in [-0.4, -0.2) is 30.1 Å². The van der Waals surface area contributed by atoms with Crippen molar-refractivity contribution in [3.8, 4) is 0 Å². The Morgan fingerprint density at radius 2 is 0.788 bits per heavy atom. The van der Waals surface area contributed by atoms with Crippen molar-refractivity contribution in [1.82, 2.24) is 4.90 Å². The first kappa shape index (κ1) is 32.9. The van der Waals surface area contributed by atoms with Gasteiger partial charge in [0.1, 0.15) is 0 Å². The number of rotatable bonds is 27. The first-order valence-corrected chi connectivity index (χ1v) is 15.7. The molecule has 200 valence electrons. The number of unbranched alkanes of at least 4 members (excludes halogenated alkanes) is 18. The van der Waals surface area contributed by atoms with Gasteiger partial charge in [-0.25, -0.2) is 0 Å². The zero-order valence-corrected chi connectivity index (χ0v) is 23.9. The molecule has 0 radical (unpaired) electrons. The predicted octanol–water partition coefficient (Wildman–Crippen LogP) is 10.0. The number of nitrogens with zero attached hydrogens (tertiary/aromatic N) is 1. The molecule has 0 aromatic heterocycles. The molecule has 33 heavy (non-hydrogen) atoms. The van der Waals surface area contributed by atoms with Crippen LogP contribution in [0.4, 0.5) is 0 Å². The Hall–Kier alpha value is -0.0800. The van der Waals surface area contributed by atoms with E-state index < -0.39 is 0 Å². The van der Waals surface area contributed by atoms with Gasteiger partial charge < -0.3 is 5.73 Å². The first-order valence-electron chi connectivity index (χ1n) is 15.7. The molecule has 0 aromatic rings. The summed E-state index contributed by atoms with van der Waals surface area (Å²) in [5.41, 5.74) is 6.64. The molecule has 2 nitrogen and oxygen atoms in total. The minimum absolute atomic E-state index is 0.353. The quantitative estimate of drug-likeness (QED) is 0.122. The minimum atomic E-state index is 0.353. The van der Waals surface area contributed by atoms with Gasteiger partial charge in [0.15, 0.2) is 0 Å². The SMILES string of the molecule is CCCCCCCCCCCCN(CCCCCCCCCCCC)C(CC)C(N)CCC. The molecule has 0 bridgehead atoms. The van der Waals surface area contributed by atoms with Gasteiger partial charge in [-0.15, -0.1) is 0 Å². The molecule has 0 rings (SSSR count). The molecule has 0 fully saturated rings. The van der Waals surface area contributed by atoms with Crippen molar-refractivity contribution in [2.75, 3.05) is 13.1 Å². The van der Waals surface area contributed by atoms with Crippen LogP contribution in [0, 0.1) is 0 Å². The van der Waals surface area contributed by atoms with Crippen LogP contribution < -0.4 is 5.73 Å². The minimum Gasteiger partial charge on any atom is -0.326 e. The van der Waals surface area contributed by atoms with Crippen LogP contribution in [0.15, 0.2) is 0 Å². The third kappa shape index (κ3) is 21.0. The Morgan fingerprint density at radius 3 is 1.09 bits per heavy atom. The Balaban J connectivity index is 4.09. The van der Waals surface area contributed by atoms with Crippen molar-refractivity contribution in [2.45, 2.75) is 187 Å². The molecule has 0 saturated carbocycles. The molecule has 0 heterocycles. The lowest BCUT2D eigenvalue weighted by Gasteiger charge is -2.35. The number of hydrogen-bond donors (Lipinski definition) is 1. The summed E-state index contributed by atoms with van der Waals surface area (Å²) in [6.45, 7) is 11.8.